The maximum atomic E-state index is 13.0. The third-order valence-corrected chi connectivity index (χ3v) is 4.28. The Labute approximate surface area is 142 Å². The van der Waals surface area contributed by atoms with Crippen LogP contribution in [-0.4, -0.2) is 14.5 Å². The highest BCUT2D eigenvalue weighted by Crippen LogP contribution is 2.21. The first-order valence-corrected chi connectivity index (χ1v) is 8.02. The summed E-state index contributed by atoms with van der Waals surface area (Å²) in [6.45, 7) is 3.90. The van der Waals surface area contributed by atoms with Crippen LogP contribution >= 0.6 is 0 Å². The molecule has 128 valence electrons. The van der Waals surface area contributed by atoms with Crippen LogP contribution in [0.4, 0.5) is 5.69 Å². The first-order valence-electron chi connectivity index (χ1n) is 8.02. The fraction of sp³-hybridized carbons (Fsp3) is 0.222. The molecule has 1 N–H and O–H groups in total. The van der Waals surface area contributed by atoms with E-state index in [-0.39, 0.29) is 16.6 Å². The minimum Gasteiger partial charge on any atom is -0.306 e. The number of nitrogens with zero attached hydrogens (tertiary/aromatic N) is 2. The average molecular weight is 339 g/mol. The van der Waals surface area contributed by atoms with Gasteiger partial charge in [0.1, 0.15) is 0 Å². The number of rotatable bonds is 4. The highest BCUT2D eigenvalue weighted by Gasteiger charge is 2.17. The minimum absolute atomic E-state index is 0.113. The number of nitrogens with one attached hydrogen (secondary N) is 1. The molecule has 25 heavy (non-hydrogen) atoms. The SMILES string of the molecule is CCc1cccc(CC)c1-n1c(=O)[nH]c2ccc([N+](=O)[O-])cc2c1=O. The monoisotopic (exact) mass is 339 g/mol. The molecule has 7 nitrogen and oxygen atoms in total. The van der Waals surface area contributed by atoms with Gasteiger partial charge in [-0.2, -0.15) is 0 Å². The molecule has 0 atom stereocenters. The molecule has 0 amide bonds. The highest BCUT2D eigenvalue weighted by molar-refractivity contribution is 5.80. The van der Waals surface area contributed by atoms with Crippen LogP contribution in [0.3, 0.4) is 0 Å². The van der Waals surface area contributed by atoms with E-state index in [2.05, 4.69) is 4.98 Å². The lowest BCUT2D eigenvalue weighted by molar-refractivity contribution is -0.384. The number of fused-ring (bicyclic) bond motifs is 1. The summed E-state index contributed by atoms with van der Waals surface area (Å²) < 4.78 is 1.09. The van der Waals surface area contributed by atoms with E-state index in [1.54, 1.807) is 0 Å². The van der Waals surface area contributed by atoms with E-state index in [9.17, 15) is 19.7 Å². The van der Waals surface area contributed by atoms with E-state index in [0.29, 0.717) is 18.5 Å². The summed E-state index contributed by atoms with van der Waals surface area (Å²) in [6.07, 6.45) is 1.31. The van der Waals surface area contributed by atoms with Crippen molar-refractivity contribution in [1.82, 2.24) is 9.55 Å². The number of hydrogen-bond donors (Lipinski definition) is 1. The zero-order valence-corrected chi connectivity index (χ0v) is 13.9. The molecule has 1 aromatic heterocycles. The summed E-state index contributed by atoms with van der Waals surface area (Å²) in [5.74, 6) is 0. The lowest BCUT2D eigenvalue weighted by Gasteiger charge is -2.15. The van der Waals surface area contributed by atoms with Crippen LogP contribution in [0.25, 0.3) is 16.6 Å². The van der Waals surface area contributed by atoms with Gasteiger partial charge >= 0.3 is 5.69 Å². The van der Waals surface area contributed by atoms with Gasteiger partial charge in [-0.1, -0.05) is 32.0 Å². The summed E-state index contributed by atoms with van der Waals surface area (Å²) in [5, 5.41) is 11.1. The van der Waals surface area contributed by atoms with Crippen molar-refractivity contribution in [1.29, 1.82) is 0 Å². The summed E-state index contributed by atoms with van der Waals surface area (Å²) in [4.78, 5) is 38.7. The second kappa shape index (κ2) is 6.35. The molecule has 0 aliphatic carbocycles. The van der Waals surface area contributed by atoms with Crippen molar-refractivity contribution < 1.29 is 4.92 Å². The maximum Gasteiger partial charge on any atom is 0.333 e. The number of hydrogen-bond acceptors (Lipinski definition) is 4. The van der Waals surface area contributed by atoms with Crippen LogP contribution in [0.15, 0.2) is 46.0 Å². The molecule has 0 aliphatic heterocycles. The Morgan fingerprint density at radius 2 is 1.72 bits per heavy atom. The Morgan fingerprint density at radius 3 is 2.28 bits per heavy atom. The van der Waals surface area contributed by atoms with Gasteiger partial charge in [-0.25, -0.2) is 9.36 Å². The lowest BCUT2D eigenvalue weighted by atomic mass is 10.0. The number of nitro benzene ring substituents is 1. The Kier molecular flexibility index (Phi) is 4.22. The fourth-order valence-electron chi connectivity index (χ4n) is 3.02. The molecule has 0 aliphatic rings. The molecule has 3 aromatic rings. The van der Waals surface area contributed by atoms with Gasteiger partial charge in [-0.3, -0.25) is 14.9 Å². The van der Waals surface area contributed by atoms with E-state index < -0.39 is 16.2 Å². The summed E-state index contributed by atoms with van der Waals surface area (Å²) in [5.41, 5.74) is 1.28. The van der Waals surface area contributed by atoms with Crippen molar-refractivity contribution in [3.8, 4) is 5.69 Å². The van der Waals surface area contributed by atoms with Crippen LogP contribution < -0.4 is 11.2 Å². The summed E-state index contributed by atoms with van der Waals surface area (Å²) >= 11 is 0. The molecule has 0 bridgehead atoms. The van der Waals surface area contributed by atoms with Crippen molar-refractivity contribution in [2.45, 2.75) is 26.7 Å². The molecular formula is C18H17N3O4. The van der Waals surface area contributed by atoms with Gasteiger partial charge in [-0.05, 0) is 30.0 Å². The number of non-ortho nitro benzene ring substituents is 1. The van der Waals surface area contributed by atoms with Crippen LogP contribution in [0, 0.1) is 10.1 Å². The van der Waals surface area contributed by atoms with Gasteiger partial charge in [-0.15, -0.1) is 0 Å². The normalized spacial score (nSPS) is 11.0. The largest absolute Gasteiger partial charge is 0.333 e. The Bertz CT molecular complexity index is 1070. The number of aromatic nitrogens is 2. The zero-order valence-electron chi connectivity index (χ0n) is 13.9. The molecule has 0 fully saturated rings. The van der Waals surface area contributed by atoms with Crippen molar-refractivity contribution in [2.75, 3.05) is 0 Å². The quantitative estimate of drug-likeness (QED) is 0.583. The van der Waals surface area contributed by atoms with E-state index in [1.165, 1.54) is 18.2 Å². The molecule has 0 saturated carbocycles. The second-order valence-corrected chi connectivity index (χ2v) is 5.69. The Hall–Kier alpha value is -3.22. The Morgan fingerprint density at radius 1 is 1.08 bits per heavy atom. The predicted octanol–water partition coefficient (Wildman–Crippen LogP) is 2.71. The van der Waals surface area contributed by atoms with Crippen molar-refractivity contribution >= 4 is 16.6 Å². The van der Waals surface area contributed by atoms with E-state index in [0.717, 1.165) is 15.7 Å². The van der Waals surface area contributed by atoms with Crippen LogP contribution in [0.5, 0.6) is 0 Å². The van der Waals surface area contributed by atoms with Crippen molar-refractivity contribution in [3.05, 3.63) is 78.5 Å². The first-order chi connectivity index (χ1) is 12.0. The van der Waals surface area contributed by atoms with E-state index in [1.807, 2.05) is 32.0 Å². The zero-order chi connectivity index (χ0) is 18.1. The van der Waals surface area contributed by atoms with Crippen molar-refractivity contribution in [2.24, 2.45) is 0 Å². The van der Waals surface area contributed by atoms with Gasteiger partial charge in [0.05, 0.1) is 21.5 Å². The molecule has 7 heteroatoms. The summed E-state index contributed by atoms with van der Waals surface area (Å²) in [7, 11) is 0. The predicted molar refractivity (Wildman–Crippen MR) is 95.6 cm³/mol. The smallest absolute Gasteiger partial charge is 0.306 e. The molecule has 0 spiro atoms. The molecule has 0 saturated heterocycles. The highest BCUT2D eigenvalue weighted by atomic mass is 16.6. The Balaban J connectivity index is 2.44. The summed E-state index contributed by atoms with van der Waals surface area (Å²) in [6, 6.07) is 9.49. The molecule has 0 radical (unpaired) electrons. The van der Waals surface area contributed by atoms with Crippen LogP contribution in [-0.2, 0) is 12.8 Å². The van der Waals surface area contributed by atoms with Gasteiger partial charge in [0.15, 0.2) is 0 Å². The maximum absolute atomic E-state index is 13.0. The van der Waals surface area contributed by atoms with Gasteiger partial charge < -0.3 is 4.98 Å². The van der Waals surface area contributed by atoms with Crippen molar-refractivity contribution in [3.63, 3.8) is 0 Å². The van der Waals surface area contributed by atoms with Crippen LogP contribution in [0.2, 0.25) is 0 Å². The fourth-order valence-corrected chi connectivity index (χ4v) is 3.02. The number of benzene rings is 2. The van der Waals surface area contributed by atoms with Gasteiger partial charge in [0.2, 0.25) is 0 Å². The van der Waals surface area contributed by atoms with E-state index in [4.69, 9.17) is 0 Å². The molecule has 1 heterocycles. The van der Waals surface area contributed by atoms with Gasteiger partial charge in [0.25, 0.3) is 11.2 Å². The number of para-hydroxylation sites is 1. The molecule has 0 unspecified atom stereocenters. The number of H-pyrrole nitrogens is 1. The van der Waals surface area contributed by atoms with E-state index >= 15 is 0 Å². The minimum atomic E-state index is -0.564. The second-order valence-electron chi connectivity index (χ2n) is 5.69. The molecule has 3 rings (SSSR count). The standard InChI is InChI=1S/C18H17N3O4/c1-3-11-6-5-7-12(4-2)16(11)20-17(22)14-10-13(21(24)25)8-9-15(14)19-18(20)23/h5-10H,3-4H2,1-2H3,(H,19,23). The molecular weight excluding hydrogens is 322 g/mol. The molecule has 2 aromatic carbocycles. The third kappa shape index (κ3) is 2.73. The lowest BCUT2D eigenvalue weighted by Crippen LogP contribution is -2.35. The third-order valence-electron chi connectivity index (χ3n) is 4.28. The number of nitro groups is 1. The average Bonchev–Trinajstić information content (AvgIpc) is 2.61. The number of aryl methyl sites for hydroxylation is 2. The van der Waals surface area contributed by atoms with Crippen LogP contribution in [0.1, 0.15) is 25.0 Å². The topological polar surface area (TPSA) is 98.0 Å². The van der Waals surface area contributed by atoms with Gasteiger partial charge in [0, 0.05) is 12.1 Å². The number of aromatic amines is 1. The first kappa shape index (κ1) is 16.6.